The molecule has 14 heavy (non-hydrogen) atoms. The van der Waals surface area contributed by atoms with Crippen LogP contribution in [0.2, 0.25) is 0 Å². The van der Waals surface area contributed by atoms with Crippen LogP contribution in [0, 0.1) is 5.92 Å². The molecule has 0 amide bonds. The van der Waals surface area contributed by atoms with E-state index in [0.717, 1.165) is 17.8 Å². The number of hydrogen-bond acceptors (Lipinski definition) is 2. The summed E-state index contributed by atoms with van der Waals surface area (Å²) in [5.74, 6) is 0.992. The van der Waals surface area contributed by atoms with E-state index in [-0.39, 0.29) is 0 Å². The Bertz CT molecular complexity index is 316. The molecule has 3 fully saturated rings. The minimum atomic E-state index is 0.520. The third kappa shape index (κ3) is 1.29. The van der Waals surface area contributed by atoms with Crippen molar-refractivity contribution in [3.63, 3.8) is 0 Å². The zero-order valence-corrected chi connectivity index (χ0v) is 10.5. The molecule has 4 rings (SSSR count). The number of alkyl halides is 1. The quantitative estimate of drug-likeness (QED) is 0.764. The summed E-state index contributed by atoms with van der Waals surface area (Å²) in [5, 5.41) is 5.61. The lowest BCUT2D eigenvalue weighted by Gasteiger charge is -2.41. The van der Waals surface area contributed by atoms with E-state index in [9.17, 15) is 0 Å². The van der Waals surface area contributed by atoms with Crippen LogP contribution in [0.4, 0.5) is 0 Å². The van der Waals surface area contributed by atoms with Crippen molar-refractivity contribution < 1.29 is 0 Å². The SMILES string of the molecule is BrCC12CC(CN1Cc1ccsc1)C2. The summed E-state index contributed by atoms with van der Waals surface area (Å²) in [6.45, 7) is 2.48. The van der Waals surface area contributed by atoms with Crippen molar-refractivity contribution in [3.05, 3.63) is 22.4 Å². The smallest absolute Gasteiger partial charge is 0.0316 e. The van der Waals surface area contributed by atoms with Gasteiger partial charge >= 0.3 is 0 Å². The van der Waals surface area contributed by atoms with Crippen molar-refractivity contribution in [1.29, 1.82) is 0 Å². The van der Waals surface area contributed by atoms with Crippen molar-refractivity contribution >= 4 is 27.3 Å². The lowest BCUT2D eigenvalue weighted by atomic mass is 9.75. The Kier molecular flexibility index (Phi) is 2.22. The van der Waals surface area contributed by atoms with E-state index in [0.29, 0.717) is 5.54 Å². The molecule has 0 radical (unpaired) electrons. The van der Waals surface area contributed by atoms with Crippen LogP contribution >= 0.6 is 27.3 Å². The van der Waals surface area contributed by atoms with Gasteiger partial charge in [-0.25, -0.2) is 0 Å². The highest BCUT2D eigenvalue weighted by Gasteiger charge is 2.54. The molecule has 3 aliphatic rings. The van der Waals surface area contributed by atoms with Gasteiger partial charge in [0.25, 0.3) is 0 Å². The Morgan fingerprint density at radius 1 is 1.57 bits per heavy atom. The normalized spacial score (nSPS) is 35.9. The molecule has 2 aliphatic heterocycles. The number of nitrogens with zero attached hydrogens (tertiary/aromatic N) is 1. The van der Waals surface area contributed by atoms with Crippen LogP contribution in [0.5, 0.6) is 0 Å². The third-order valence-corrected chi connectivity index (χ3v) is 5.46. The number of fused-ring (bicyclic) bond motifs is 1. The molecule has 0 N–H and O–H groups in total. The van der Waals surface area contributed by atoms with Gasteiger partial charge in [-0.05, 0) is 41.1 Å². The molecule has 0 atom stereocenters. The van der Waals surface area contributed by atoms with Crippen LogP contribution in [0.3, 0.4) is 0 Å². The Hall–Kier alpha value is 0.140. The van der Waals surface area contributed by atoms with E-state index >= 15 is 0 Å². The highest BCUT2D eigenvalue weighted by molar-refractivity contribution is 9.09. The van der Waals surface area contributed by atoms with E-state index in [2.05, 4.69) is 37.7 Å². The summed E-state index contributed by atoms with van der Waals surface area (Å²) < 4.78 is 0. The molecule has 3 heteroatoms. The van der Waals surface area contributed by atoms with E-state index in [4.69, 9.17) is 0 Å². The monoisotopic (exact) mass is 271 g/mol. The highest BCUT2D eigenvalue weighted by atomic mass is 79.9. The lowest BCUT2D eigenvalue weighted by molar-refractivity contribution is 0.130. The van der Waals surface area contributed by atoms with E-state index < -0.39 is 0 Å². The minimum absolute atomic E-state index is 0.520. The van der Waals surface area contributed by atoms with Crippen LogP contribution < -0.4 is 0 Å². The summed E-state index contributed by atoms with van der Waals surface area (Å²) in [4.78, 5) is 2.68. The first-order valence-corrected chi connectivity index (χ1v) is 7.21. The molecule has 76 valence electrons. The largest absolute Gasteiger partial charge is 0.292 e. The number of halogens is 1. The van der Waals surface area contributed by atoms with Gasteiger partial charge < -0.3 is 0 Å². The van der Waals surface area contributed by atoms with Crippen LogP contribution in [-0.2, 0) is 6.54 Å². The summed E-state index contributed by atoms with van der Waals surface area (Å²) >= 11 is 5.48. The standard InChI is InChI=1S/C11H14BrNS/c12-8-11-3-10(4-11)6-13(11)5-9-1-2-14-7-9/h1-2,7,10H,3-6,8H2. The average molecular weight is 272 g/mol. The Balaban J connectivity index is 1.74. The Morgan fingerprint density at radius 3 is 3.07 bits per heavy atom. The van der Waals surface area contributed by atoms with Crippen LogP contribution in [0.1, 0.15) is 18.4 Å². The molecule has 0 spiro atoms. The zero-order valence-electron chi connectivity index (χ0n) is 8.08. The van der Waals surface area contributed by atoms with Crippen LogP contribution in [0.25, 0.3) is 0 Å². The van der Waals surface area contributed by atoms with Gasteiger partial charge in [-0.2, -0.15) is 11.3 Å². The first kappa shape index (κ1) is 9.37. The molecule has 1 aromatic heterocycles. The zero-order chi connectivity index (χ0) is 9.60. The van der Waals surface area contributed by atoms with Crippen molar-refractivity contribution in [2.75, 3.05) is 11.9 Å². The van der Waals surface area contributed by atoms with Crippen LogP contribution in [0.15, 0.2) is 16.8 Å². The molecular formula is C11H14BrNS. The van der Waals surface area contributed by atoms with Gasteiger partial charge in [-0.1, -0.05) is 15.9 Å². The van der Waals surface area contributed by atoms with Crippen molar-refractivity contribution in [2.24, 2.45) is 5.92 Å². The minimum Gasteiger partial charge on any atom is -0.292 e. The number of thiophene rings is 1. The summed E-state index contributed by atoms with van der Waals surface area (Å²) in [6, 6.07) is 2.25. The van der Waals surface area contributed by atoms with Gasteiger partial charge in [-0.3, -0.25) is 4.90 Å². The number of hydrogen-bond donors (Lipinski definition) is 0. The predicted octanol–water partition coefficient (Wildman–Crippen LogP) is 3.11. The predicted molar refractivity (Wildman–Crippen MR) is 64.0 cm³/mol. The van der Waals surface area contributed by atoms with Gasteiger partial charge in [0.15, 0.2) is 0 Å². The molecule has 3 heterocycles. The van der Waals surface area contributed by atoms with E-state index in [1.165, 1.54) is 24.9 Å². The topological polar surface area (TPSA) is 3.24 Å². The fourth-order valence-electron chi connectivity index (χ4n) is 2.94. The van der Waals surface area contributed by atoms with Gasteiger partial charge in [0.1, 0.15) is 0 Å². The van der Waals surface area contributed by atoms with Gasteiger partial charge in [0.05, 0.1) is 0 Å². The summed E-state index contributed by atoms with van der Waals surface area (Å²) in [5.41, 5.74) is 2.01. The van der Waals surface area contributed by atoms with E-state index in [1.807, 2.05) is 0 Å². The van der Waals surface area contributed by atoms with Gasteiger partial charge in [-0.15, -0.1) is 0 Å². The fourth-order valence-corrected chi connectivity index (χ4v) is 4.41. The van der Waals surface area contributed by atoms with Gasteiger partial charge in [0.2, 0.25) is 0 Å². The second kappa shape index (κ2) is 3.32. The molecule has 1 aliphatic carbocycles. The first-order valence-electron chi connectivity index (χ1n) is 5.14. The van der Waals surface area contributed by atoms with Crippen molar-refractivity contribution in [2.45, 2.75) is 24.9 Å². The maximum Gasteiger partial charge on any atom is 0.0316 e. The molecule has 2 bridgehead atoms. The maximum atomic E-state index is 3.68. The third-order valence-electron chi connectivity index (χ3n) is 3.69. The molecule has 1 aromatic rings. The Morgan fingerprint density at radius 2 is 2.43 bits per heavy atom. The van der Waals surface area contributed by atoms with Crippen molar-refractivity contribution in [1.82, 2.24) is 4.90 Å². The highest BCUT2D eigenvalue weighted by Crippen LogP contribution is 2.51. The second-order valence-electron chi connectivity index (χ2n) is 4.64. The molecule has 1 nitrogen and oxygen atoms in total. The van der Waals surface area contributed by atoms with Crippen LogP contribution in [-0.4, -0.2) is 22.3 Å². The summed E-state index contributed by atoms with van der Waals surface area (Å²) in [7, 11) is 0. The maximum absolute atomic E-state index is 3.68. The molecule has 0 unspecified atom stereocenters. The summed E-state index contributed by atoms with van der Waals surface area (Å²) in [6.07, 6.45) is 2.84. The lowest BCUT2D eigenvalue weighted by Crippen LogP contribution is -2.46. The first-order chi connectivity index (χ1) is 6.82. The fraction of sp³-hybridized carbons (Fsp3) is 0.636. The van der Waals surface area contributed by atoms with Crippen molar-refractivity contribution in [3.8, 4) is 0 Å². The second-order valence-corrected chi connectivity index (χ2v) is 5.99. The van der Waals surface area contributed by atoms with Gasteiger partial charge in [0, 0.05) is 24.0 Å². The van der Waals surface area contributed by atoms with E-state index in [1.54, 1.807) is 11.3 Å². The average Bonchev–Trinajstić information content (AvgIpc) is 2.77. The molecule has 2 saturated heterocycles. The molecule has 1 saturated carbocycles. The number of rotatable bonds is 3. The Labute approximate surface area is 97.2 Å². The molecule has 0 aromatic carbocycles. The molecular weight excluding hydrogens is 258 g/mol.